The number of nitrogens with two attached hydrogens (primary N) is 1. The molecule has 6 rings (SSSR count). The molecule has 2 aliphatic rings. The Kier molecular flexibility index (Phi) is 6.22. The normalized spacial score (nSPS) is 18.5. The monoisotopic (exact) mass is 504 g/mol. The predicted molar refractivity (Wildman–Crippen MR) is 139 cm³/mol. The Bertz CT molecular complexity index is 1330. The Morgan fingerprint density at radius 2 is 1.81 bits per heavy atom. The van der Waals surface area contributed by atoms with E-state index < -0.39 is 5.60 Å². The lowest BCUT2D eigenvalue weighted by molar-refractivity contribution is -0.0250. The second-order valence-corrected chi connectivity index (χ2v) is 10.3. The fraction of sp³-hybridized carbons (Fsp3) is 0.400. The van der Waals surface area contributed by atoms with Gasteiger partial charge in [-0.05, 0) is 31.0 Å². The van der Waals surface area contributed by atoms with Crippen LogP contribution in [0.15, 0.2) is 42.9 Å². The highest BCUT2D eigenvalue weighted by molar-refractivity contribution is 7.19. The number of aromatic nitrogens is 5. The van der Waals surface area contributed by atoms with Crippen molar-refractivity contribution in [1.82, 2.24) is 29.8 Å². The number of hydrogen-bond acceptors (Lipinski definition) is 11. The van der Waals surface area contributed by atoms with Gasteiger partial charge in [0.2, 0.25) is 5.95 Å². The van der Waals surface area contributed by atoms with Crippen LogP contribution >= 0.6 is 11.3 Å². The van der Waals surface area contributed by atoms with Crippen LogP contribution in [-0.4, -0.2) is 74.3 Å². The Morgan fingerprint density at radius 1 is 1.03 bits per heavy atom. The van der Waals surface area contributed by atoms with Crippen molar-refractivity contribution < 1.29 is 9.84 Å². The molecule has 10 nitrogen and oxygen atoms in total. The molecular formula is C25H28N8O2S. The van der Waals surface area contributed by atoms with Crippen molar-refractivity contribution in [3.63, 3.8) is 0 Å². The van der Waals surface area contributed by atoms with Gasteiger partial charge in [0.15, 0.2) is 11.6 Å². The quantitative estimate of drug-likeness (QED) is 0.418. The van der Waals surface area contributed by atoms with E-state index in [1.54, 1.807) is 23.7 Å². The van der Waals surface area contributed by atoms with Gasteiger partial charge in [0.25, 0.3) is 0 Å². The number of morpholine rings is 1. The van der Waals surface area contributed by atoms with Gasteiger partial charge >= 0.3 is 0 Å². The second kappa shape index (κ2) is 9.66. The number of likely N-dealkylation sites (tertiary alicyclic amines) is 1. The minimum Gasteiger partial charge on any atom is -0.384 e. The Balaban J connectivity index is 1.31. The van der Waals surface area contributed by atoms with Crippen LogP contribution in [0.4, 0.5) is 11.8 Å². The molecule has 36 heavy (non-hydrogen) atoms. The average molecular weight is 505 g/mol. The van der Waals surface area contributed by atoms with E-state index in [4.69, 9.17) is 20.4 Å². The molecule has 6 heterocycles. The SMILES string of the molecule is Nc1ncc(-c2nc(N3CCOCC3)c3sc(C4(O)CCN(Cc5ccccn5)CC4)cc3n2)cn1. The summed E-state index contributed by atoms with van der Waals surface area (Å²) in [4.78, 5) is 27.9. The van der Waals surface area contributed by atoms with Gasteiger partial charge in [-0.1, -0.05) is 6.07 Å². The van der Waals surface area contributed by atoms with Crippen molar-refractivity contribution in [3.8, 4) is 11.4 Å². The van der Waals surface area contributed by atoms with Gasteiger partial charge in [-0.15, -0.1) is 11.3 Å². The highest BCUT2D eigenvalue weighted by Crippen LogP contribution is 2.42. The van der Waals surface area contributed by atoms with Crippen LogP contribution in [-0.2, 0) is 16.9 Å². The van der Waals surface area contributed by atoms with E-state index in [9.17, 15) is 5.11 Å². The predicted octanol–water partition coefficient (Wildman–Crippen LogP) is 2.45. The van der Waals surface area contributed by atoms with Crippen LogP contribution in [0, 0.1) is 0 Å². The number of thiophene rings is 1. The van der Waals surface area contributed by atoms with Gasteiger partial charge in [-0.2, -0.15) is 0 Å². The van der Waals surface area contributed by atoms with E-state index in [0.717, 1.165) is 59.3 Å². The molecule has 11 heteroatoms. The minimum atomic E-state index is -0.890. The molecule has 0 aromatic carbocycles. The van der Waals surface area contributed by atoms with E-state index in [1.165, 1.54) is 0 Å². The molecule has 4 aromatic heterocycles. The summed E-state index contributed by atoms with van der Waals surface area (Å²) < 4.78 is 6.55. The molecule has 0 amide bonds. The lowest BCUT2D eigenvalue weighted by atomic mass is 9.89. The van der Waals surface area contributed by atoms with Crippen LogP contribution < -0.4 is 10.6 Å². The molecule has 0 spiro atoms. The second-order valence-electron chi connectivity index (χ2n) is 9.25. The molecule has 3 N–H and O–H groups in total. The maximum atomic E-state index is 11.7. The number of nitrogen functional groups attached to an aromatic ring is 1. The van der Waals surface area contributed by atoms with Gasteiger partial charge in [0.1, 0.15) is 5.60 Å². The van der Waals surface area contributed by atoms with Crippen molar-refractivity contribution in [2.75, 3.05) is 50.0 Å². The third kappa shape index (κ3) is 4.62. The Morgan fingerprint density at radius 3 is 2.53 bits per heavy atom. The molecule has 2 aliphatic heterocycles. The first kappa shape index (κ1) is 23.2. The van der Waals surface area contributed by atoms with Gasteiger partial charge in [0, 0.05) is 56.2 Å². The average Bonchev–Trinajstić information content (AvgIpc) is 3.36. The fourth-order valence-electron chi connectivity index (χ4n) is 4.76. The molecule has 0 aliphatic carbocycles. The van der Waals surface area contributed by atoms with Crippen molar-refractivity contribution in [2.45, 2.75) is 25.0 Å². The smallest absolute Gasteiger partial charge is 0.219 e. The first-order valence-corrected chi connectivity index (χ1v) is 13.0. The summed E-state index contributed by atoms with van der Waals surface area (Å²) in [7, 11) is 0. The van der Waals surface area contributed by atoms with Gasteiger partial charge in [-0.3, -0.25) is 9.88 Å². The van der Waals surface area contributed by atoms with Crippen molar-refractivity contribution >= 4 is 33.3 Å². The summed E-state index contributed by atoms with van der Waals surface area (Å²) in [6, 6.07) is 8.02. The molecule has 0 radical (unpaired) electrons. The summed E-state index contributed by atoms with van der Waals surface area (Å²) in [5, 5.41) is 11.7. The van der Waals surface area contributed by atoms with E-state index in [1.807, 2.05) is 30.5 Å². The van der Waals surface area contributed by atoms with Crippen molar-refractivity contribution in [1.29, 1.82) is 0 Å². The zero-order valence-electron chi connectivity index (χ0n) is 19.9. The van der Waals surface area contributed by atoms with Crippen LogP contribution in [0.2, 0.25) is 0 Å². The number of pyridine rings is 1. The summed E-state index contributed by atoms with van der Waals surface area (Å²) in [5.41, 5.74) is 7.36. The van der Waals surface area contributed by atoms with Gasteiger partial charge < -0.3 is 20.5 Å². The number of rotatable bonds is 5. The number of anilines is 2. The molecule has 0 bridgehead atoms. The summed E-state index contributed by atoms with van der Waals surface area (Å²) in [6.07, 6.45) is 6.43. The maximum Gasteiger partial charge on any atom is 0.219 e. The van der Waals surface area contributed by atoms with E-state index in [-0.39, 0.29) is 5.95 Å². The number of hydrogen-bond donors (Lipinski definition) is 2. The molecule has 186 valence electrons. The van der Waals surface area contributed by atoms with Crippen molar-refractivity contribution in [3.05, 3.63) is 53.4 Å². The molecule has 2 fully saturated rings. The third-order valence-corrected chi connectivity index (χ3v) is 8.16. The zero-order chi connectivity index (χ0) is 24.5. The number of aliphatic hydroxyl groups is 1. The number of piperidine rings is 1. The third-order valence-electron chi connectivity index (χ3n) is 6.85. The first-order chi connectivity index (χ1) is 17.6. The molecule has 0 saturated carbocycles. The highest BCUT2D eigenvalue weighted by Gasteiger charge is 2.36. The van der Waals surface area contributed by atoms with E-state index in [2.05, 4.69) is 24.8 Å². The van der Waals surface area contributed by atoms with E-state index >= 15 is 0 Å². The zero-order valence-corrected chi connectivity index (χ0v) is 20.7. The maximum absolute atomic E-state index is 11.7. The van der Waals surface area contributed by atoms with Gasteiger partial charge in [-0.25, -0.2) is 19.9 Å². The molecule has 2 saturated heterocycles. The van der Waals surface area contributed by atoms with Crippen molar-refractivity contribution in [2.24, 2.45) is 0 Å². The number of ether oxygens (including phenoxy) is 1. The largest absolute Gasteiger partial charge is 0.384 e. The minimum absolute atomic E-state index is 0.211. The van der Waals surface area contributed by atoms with Crippen LogP contribution in [0.3, 0.4) is 0 Å². The standard InChI is InChI=1S/C25H28N8O2S/c26-24-28-14-17(15-29-24)22-30-19-13-20(36-21(19)23(31-22)33-9-11-35-12-10-33)25(34)4-7-32(8-5-25)16-18-3-1-2-6-27-18/h1-3,6,13-15,34H,4-5,7-12,16H2,(H2,26,28,29). The van der Waals surface area contributed by atoms with Crippen LogP contribution in [0.1, 0.15) is 23.4 Å². The fourth-order valence-corrected chi connectivity index (χ4v) is 6.02. The summed E-state index contributed by atoms with van der Waals surface area (Å²) in [6.45, 7) is 5.21. The molecule has 0 atom stereocenters. The first-order valence-electron chi connectivity index (χ1n) is 12.1. The van der Waals surface area contributed by atoms with Gasteiger partial charge in [0.05, 0.1) is 34.7 Å². The number of nitrogens with zero attached hydrogens (tertiary/aromatic N) is 7. The molecule has 4 aromatic rings. The molecule has 0 unspecified atom stereocenters. The lowest BCUT2D eigenvalue weighted by Crippen LogP contribution is -2.41. The molecular weight excluding hydrogens is 476 g/mol. The number of fused-ring (bicyclic) bond motifs is 1. The highest BCUT2D eigenvalue weighted by atomic mass is 32.1. The van der Waals surface area contributed by atoms with Crippen LogP contribution in [0.25, 0.3) is 21.6 Å². The Labute approximate surface area is 212 Å². The lowest BCUT2D eigenvalue weighted by Gasteiger charge is -2.37. The Hall–Kier alpha value is -3.25. The summed E-state index contributed by atoms with van der Waals surface area (Å²) in [5.74, 6) is 1.62. The van der Waals surface area contributed by atoms with E-state index in [0.29, 0.717) is 37.4 Å². The topological polar surface area (TPSA) is 126 Å². The summed E-state index contributed by atoms with van der Waals surface area (Å²) >= 11 is 1.59. The van der Waals surface area contributed by atoms with Crippen LogP contribution in [0.5, 0.6) is 0 Å².